The lowest BCUT2D eigenvalue weighted by Crippen LogP contribution is -2.24. The number of hydrogen-bond acceptors (Lipinski definition) is 7. The molecular formula is C24H24ClN5O3. The Morgan fingerprint density at radius 1 is 1.12 bits per heavy atom. The highest BCUT2D eigenvalue weighted by atomic mass is 35.5. The van der Waals surface area contributed by atoms with Gasteiger partial charge >= 0.3 is 0 Å². The number of halogens is 1. The molecule has 0 atom stereocenters. The van der Waals surface area contributed by atoms with Crippen molar-refractivity contribution >= 4 is 34.3 Å². The van der Waals surface area contributed by atoms with Crippen LogP contribution in [-0.2, 0) is 13.0 Å². The molecule has 0 bridgehead atoms. The van der Waals surface area contributed by atoms with Crippen LogP contribution in [0, 0.1) is 0 Å². The number of fused-ring (bicyclic) bond motifs is 1. The summed E-state index contributed by atoms with van der Waals surface area (Å²) in [7, 11) is 4.79. The molecule has 0 aliphatic carbocycles. The van der Waals surface area contributed by atoms with Crippen molar-refractivity contribution in [3.8, 4) is 22.6 Å². The molecule has 0 radical (unpaired) electrons. The lowest BCUT2D eigenvalue weighted by Gasteiger charge is -2.15. The fraction of sp³-hybridized carbons (Fsp3) is 0.208. The van der Waals surface area contributed by atoms with Gasteiger partial charge in [-0.05, 0) is 36.2 Å². The number of anilines is 2. The van der Waals surface area contributed by atoms with Gasteiger partial charge < -0.3 is 20.5 Å². The minimum Gasteiger partial charge on any atom is -0.497 e. The fourth-order valence-electron chi connectivity index (χ4n) is 3.70. The summed E-state index contributed by atoms with van der Waals surface area (Å²) in [6.07, 6.45) is 2.27. The summed E-state index contributed by atoms with van der Waals surface area (Å²) in [6.45, 7) is 0.394. The van der Waals surface area contributed by atoms with Gasteiger partial charge in [-0.15, -0.1) is 0 Å². The van der Waals surface area contributed by atoms with Gasteiger partial charge in [-0.1, -0.05) is 23.7 Å². The van der Waals surface area contributed by atoms with E-state index in [1.807, 2.05) is 24.3 Å². The number of aromatic nitrogens is 3. The first kappa shape index (κ1) is 22.4. The van der Waals surface area contributed by atoms with E-state index in [0.717, 1.165) is 5.56 Å². The maximum Gasteiger partial charge on any atom is 0.260 e. The summed E-state index contributed by atoms with van der Waals surface area (Å²) in [5.74, 6) is 1.37. The molecule has 0 fully saturated rings. The van der Waals surface area contributed by atoms with E-state index in [2.05, 4.69) is 15.3 Å². The summed E-state index contributed by atoms with van der Waals surface area (Å²) >= 11 is 6.60. The lowest BCUT2D eigenvalue weighted by atomic mass is 10.0. The third kappa shape index (κ3) is 4.42. The van der Waals surface area contributed by atoms with Crippen molar-refractivity contribution in [2.45, 2.75) is 13.0 Å². The van der Waals surface area contributed by atoms with Crippen LogP contribution in [0.5, 0.6) is 11.5 Å². The Morgan fingerprint density at radius 2 is 1.94 bits per heavy atom. The van der Waals surface area contributed by atoms with Crippen molar-refractivity contribution in [1.29, 1.82) is 0 Å². The molecule has 8 nitrogen and oxygen atoms in total. The van der Waals surface area contributed by atoms with Gasteiger partial charge in [-0.2, -0.15) is 4.98 Å². The molecule has 0 amide bonds. The van der Waals surface area contributed by atoms with Gasteiger partial charge in [0.15, 0.2) is 0 Å². The molecule has 170 valence electrons. The zero-order chi connectivity index (χ0) is 23.5. The van der Waals surface area contributed by atoms with E-state index in [0.29, 0.717) is 63.3 Å². The Hall–Kier alpha value is -3.78. The topological polar surface area (TPSA) is 104 Å². The zero-order valence-corrected chi connectivity index (χ0v) is 19.3. The van der Waals surface area contributed by atoms with Gasteiger partial charge in [0, 0.05) is 48.1 Å². The number of nitrogens with zero attached hydrogens (tertiary/aromatic N) is 3. The largest absolute Gasteiger partial charge is 0.497 e. The van der Waals surface area contributed by atoms with Crippen molar-refractivity contribution < 1.29 is 9.47 Å². The third-order valence-electron chi connectivity index (χ3n) is 5.38. The highest BCUT2D eigenvalue weighted by Gasteiger charge is 2.19. The molecule has 0 saturated heterocycles. The van der Waals surface area contributed by atoms with Gasteiger partial charge in [0.05, 0.1) is 19.2 Å². The van der Waals surface area contributed by atoms with E-state index in [4.69, 9.17) is 26.8 Å². The number of methoxy groups -OCH3 is 2. The summed E-state index contributed by atoms with van der Waals surface area (Å²) in [6, 6.07) is 12.7. The Kier molecular flexibility index (Phi) is 6.37. The van der Waals surface area contributed by atoms with E-state index < -0.39 is 0 Å². The standard InChI is InChI=1S/C24H24ClN5O3/c1-27-24-28-13-15-10-19(18-11-17(32-2)12-20(33-3)21(18)25)23(31)30(22(15)29-24)8-7-14-5-4-6-16(26)9-14/h4-6,9-13H,7-8,26H2,1-3H3,(H,27,28,29). The molecule has 2 heterocycles. The minimum atomic E-state index is -0.232. The second kappa shape index (κ2) is 9.38. The molecule has 0 saturated carbocycles. The van der Waals surface area contributed by atoms with Crippen LogP contribution in [-0.4, -0.2) is 35.8 Å². The van der Waals surface area contributed by atoms with Crippen LogP contribution in [0.1, 0.15) is 5.56 Å². The van der Waals surface area contributed by atoms with Crippen molar-refractivity contribution in [2.24, 2.45) is 0 Å². The van der Waals surface area contributed by atoms with E-state index in [-0.39, 0.29) is 5.56 Å². The molecule has 3 N–H and O–H groups in total. The SMILES string of the molecule is CNc1ncc2cc(-c3cc(OC)cc(OC)c3Cl)c(=O)n(CCc3cccc(N)c3)c2n1. The summed E-state index contributed by atoms with van der Waals surface area (Å²) in [4.78, 5) is 22.6. The average molecular weight is 466 g/mol. The number of ether oxygens (including phenoxy) is 2. The molecule has 4 rings (SSSR count). The molecule has 0 aliphatic rings. The Balaban J connectivity index is 1.92. The lowest BCUT2D eigenvalue weighted by molar-refractivity contribution is 0.395. The molecule has 0 unspecified atom stereocenters. The number of hydrogen-bond donors (Lipinski definition) is 2. The van der Waals surface area contributed by atoms with Crippen LogP contribution in [0.2, 0.25) is 5.02 Å². The van der Waals surface area contributed by atoms with Crippen molar-refractivity contribution in [1.82, 2.24) is 14.5 Å². The average Bonchev–Trinajstić information content (AvgIpc) is 2.83. The molecular weight excluding hydrogens is 442 g/mol. The molecule has 0 spiro atoms. The number of benzene rings is 2. The first-order valence-corrected chi connectivity index (χ1v) is 10.7. The Labute approximate surface area is 196 Å². The highest BCUT2D eigenvalue weighted by molar-refractivity contribution is 6.35. The first-order chi connectivity index (χ1) is 15.9. The monoisotopic (exact) mass is 465 g/mol. The molecule has 4 aromatic rings. The number of nitrogens with two attached hydrogens (primary N) is 1. The van der Waals surface area contributed by atoms with Crippen molar-refractivity contribution in [3.05, 3.63) is 69.6 Å². The van der Waals surface area contributed by atoms with Crippen LogP contribution in [0.25, 0.3) is 22.2 Å². The number of rotatable bonds is 7. The highest BCUT2D eigenvalue weighted by Crippen LogP contribution is 2.38. The van der Waals surface area contributed by atoms with E-state index in [1.165, 1.54) is 7.11 Å². The zero-order valence-electron chi connectivity index (χ0n) is 18.6. The van der Waals surface area contributed by atoms with Crippen molar-refractivity contribution in [3.63, 3.8) is 0 Å². The molecule has 2 aromatic heterocycles. The Bertz CT molecular complexity index is 1390. The second-order valence-corrected chi connectivity index (χ2v) is 7.80. The van der Waals surface area contributed by atoms with E-state index >= 15 is 0 Å². The van der Waals surface area contributed by atoms with E-state index in [1.54, 1.807) is 43.1 Å². The van der Waals surface area contributed by atoms with Gasteiger partial charge in [0.2, 0.25) is 5.95 Å². The quantitative estimate of drug-likeness (QED) is 0.397. The molecule has 33 heavy (non-hydrogen) atoms. The van der Waals surface area contributed by atoms with Crippen LogP contribution in [0.4, 0.5) is 11.6 Å². The van der Waals surface area contributed by atoms with Gasteiger partial charge in [0.25, 0.3) is 5.56 Å². The predicted octanol–water partition coefficient (Wildman–Crippen LogP) is 4.00. The maximum absolute atomic E-state index is 13.7. The molecule has 2 aromatic carbocycles. The van der Waals surface area contributed by atoms with Crippen LogP contribution in [0.3, 0.4) is 0 Å². The maximum atomic E-state index is 13.7. The smallest absolute Gasteiger partial charge is 0.260 e. The molecule has 0 aliphatic heterocycles. The fourth-order valence-corrected chi connectivity index (χ4v) is 3.99. The van der Waals surface area contributed by atoms with E-state index in [9.17, 15) is 4.79 Å². The third-order valence-corrected chi connectivity index (χ3v) is 5.77. The molecule has 9 heteroatoms. The van der Waals surface area contributed by atoms with Crippen molar-refractivity contribution in [2.75, 3.05) is 32.3 Å². The summed E-state index contributed by atoms with van der Waals surface area (Å²) < 4.78 is 12.4. The Morgan fingerprint density at radius 3 is 2.64 bits per heavy atom. The summed E-state index contributed by atoms with van der Waals surface area (Å²) in [5, 5.41) is 3.95. The minimum absolute atomic E-state index is 0.232. The normalized spacial score (nSPS) is 10.9. The van der Waals surface area contributed by atoms with Crippen LogP contribution < -0.4 is 26.1 Å². The van der Waals surface area contributed by atoms with Gasteiger partial charge in [-0.25, -0.2) is 4.98 Å². The van der Waals surface area contributed by atoms with Crippen LogP contribution >= 0.6 is 11.6 Å². The number of pyridine rings is 1. The first-order valence-electron chi connectivity index (χ1n) is 10.3. The number of nitrogens with one attached hydrogen (secondary N) is 1. The van der Waals surface area contributed by atoms with Gasteiger partial charge in [-0.3, -0.25) is 9.36 Å². The second-order valence-electron chi connectivity index (χ2n) is 7.42. The summed E-state index contributed by atoms with van der Waals surface area (Å²) in [5.41, 5.74) is 8.82. The predicted molar refractivity (Wildman–Crippen MR) is 131 cm³/mol. The van der Waals surface area contributed by atoms with Crippen LogP contribution in [0.15, 0.2) is 53.5 Å². The number of aryl methyl sites for hydroxylation is 2. The van der Waals surface area contributed by atoms with Gasteiger partial charge in [0.1, 0.15) is 17.1 Å². The number of nitrogen functional groups attached to an aromatic ring is 1.